The minimum Gasteiger partial charge on any atom is -0.504 e. The third-order valence-electron chi connectivity index (χ3n) is 4.67. The van der Waals surface area contributed by atoms with Crippen LogP contribution in [0.1, 0.15) is 17.1 Å². The van der Waals surface area contributed by atoms with Crippen molar-refractivity contribution in [1.29, 1.82) is 0 Å². The van der Waals surface area contributed by atoms with Crippen molar-refractivity contribution in [2.24, 2.45) is 0 Å². The van der Waals surface area contributed by atoms with Crippen LogP contribution in [0.2, 0.25) is 0 Å². The number of aryl methyl sites for hydroxylation is 2. The number of hydrogen-bond donors (Lipinski definition) is 2. The second-order valence-corrected chi connectivity index (χ2v) is 6.37. The Balaban J connectivity index is 1.79. The summed E-state index contributed by atoms with van der Waals surface area (Å²) in [4.78, 5) is 2.46. The zero-order chi connectivity index (χ0) is 16.0. The van der Waals surface area contributed by atoms with Gasteiger partial charge in [0.25, 0.3) is 0 Å². The van der Waals surface area contributed by atoms with Crippen LogP contribution in [0.25, 0.3) is 21.9 Å². The first kappa shape index (κ1) is 14.6. The second-order valence-electron chi connectivity index (χ2n) is 6.37. The predicted octanol–water partition coefficient (Wildman–Crippen LogP) is 2.95. The minimum absolute atomic E-state index is 0.186. The Bertz CT molecular complexity index is 799. The number of phenolic OH excluding ortho intramolecular Hbond substituents is 1. The topological polar surface area (TPSA) is 61.8 Å². The van der Waals surface area contributed by atoms with E-state index in [1.165, 1.54) is 0 Å². The smallest absolute Gasteiger partial charge is 0.177 e. The van der Waals surface area contributed by atoms with Crippen molar-refractivity contribution in [2.75, 3.05) is 32.7 Å². The highest BCUT2D eigenvalue weighted by Crippen LogP contribution is 2.40. The molecule has 5 nitrogen and oxygen atoms in total. The summed E-state index contributed by atoms with van der Waals surface area (Å²) < 4.78 is 11.6. The lowest BCUT2D eigenvalue weighted by Crippen LogP contribution is -2.44. The van der Waals surface area contributed by atoms with Gasteiger partial charge in [-0.3, -0.25) is 0 Å². The zero-order valence-electron chi connectivity index (χ0n) is 13.6. The highest BCUT2D eigenvalue weighted by molar-refractivity contribution is 6.04. The van der Waals surface area contributed by atoms with Crippen LogP contribution in [0, 0.1) is 13.8 Å². The Morgan fingerprint density at radius 1 is 1.04 bits per heavy atom. The monoisotopic (exact) mass is 314 g/mol. The van der Waals surface area contributed by atoms with Gasteiger partial charge in [-0.25, -0.2) is 0 Å². The summed E-state index contributed by atoms with van der Waals surface area (Å²) in [5.74, 6) is 1.80. The number of hydrogen-bond acceptors (Lipinski definition) is 5. The molecule has 1 aliphatic rings. The normalized spacial score (nSPS) is 16.6. The van der Waals surface area contributed by atoms with E-state index in [4.69, 9.17) is 8.83 Å². The van der Waals surface area contributed by atoms with Gasteiger partial charge in [-0.15, -0.1) is 0 Å². The Labute approximate surface area is 134 Å². The van der Waals surface area contributed by atoms with E-state index in [9.17, 15) is 5.11 Å². The van der Waals surface area contributed by atoms with E-state index in [0.717, 1.165) is 72.6 Å². The molecule has 23 heavy (non-hydrogen) atoms. The van der Waals surface area contributed by atoms with E-state index in [0.29, 0.717) is 5.58 Å². The molecule has 0 saturated carbocycles. The molecule has 0 aliphatic carbocycles. The Kier molecular flexibility index (Phi) is 3.54. The number of aromatic hydroxyl groups is 1. The van der Waals surface area contributed by atoms with Crippen molar-refractivity contribution in [2.45, 2.75) is 20.3 Å². The molecule has 1 fully saturated rings. The lowest BCUT2D eigenvalue weighted by Gasteiger charge is -2.27. The number of piperazine rings is 1. The molecule has 5 heteroatoms. The van der Waals surface area contributed by atoms with Gasteiger partial charge < -0.3 is 24.2 Å². The molecular weight excluding hydrogens is 292 g/mol. The number of fused-ring (bicyclic) bond motifs is 2. The van der Waals surface area contributed by atoms with Crippen molar-refractivity contribution in [1.82, 2.24) is 10.2 Å². The largest absolute Gasteiger partial charge is 0.504 e. The predicted molar refractivity (Wildman–Crippen MR) is 90.1 cm³/mol. The van der Waals surface area contributed by atoms with Gasteiger partial charge in [0.2, 0.25) is 0 Å². The lowest BCUT2D eigenvalue weighted by atomic mass is 10.0. The van der Waals surface area contributed by atoms with Gasteiger partial charge in [-0.2, -0.15) is 0 Å². The summed E-state index contributed by atoms with van der Waals surface area (Å²) in [6.45, 7) is 9.05. The molecule has 2 aromatic heterocycles. The van der Waals surface area contributed by atoms with Crippen molar-refractivity contribution in [3.05, 3.63) is 29.2 Å². The molecule has 0 amide bonds. The number of nitrogens with zero attached hydrogens (tertiary/aromatic N) is 1. The molecule has 3 aromatic rings. The fraction of sp³-hybridized carbons (Fsp3) is 0.444. The fourth-order valence-electron chi connectivity index (χ4n) is 3.53. The molecule has 122 valence electrons. The lowest BCUT2D eigenvalue weighted by molar-refractivity contribution is 0.244. The first-order valence-corrected chi connectivity index (χ1v) is 8.20. The zero-order valence-corrected chi connectivity index (χ0v) is 13.6. The maximum atomic E-state index is 10.5. The molecule has 2 N–H and O–H groups in total. The standard InChI is InChI=1S/C18H22N2O3/c1-11-9-14-13(3-6-20-7-4-19-5-8-20)17-15(10-12(2)22-17)16(21)18(14)23-11/h9-10,19,21H,3-8H2,1-2H3. The van der Waals surface area contributed by atoms with Crippen molar-refractivity contribution < 1.29 is 13.9 Å². The summed E-state index contributed by atoms with van der Waals surface area (Å²) in [5, 5.41) is 15.6. The number of furan rings is 2. The molecule has 1 saturated heterocycles. The number of phenols is 1. The van der Waals surface area contributed by atoms with Gasteiger partial charge in [-0.05, 0) is 32.4 Å². The van der Waals surface area contributed by atoms with Crippen molar-refractivity contribution in [3.63, 3.8) is 0 Å². The van der Waals surface area contributed by atoms with Gasteiger partial charge >= 0.3 is 0 Å². The number of nitrogens with one attached hydrogen (secondary N) is 1. The number of benzene rings is 1. The summed E-state index contributed by atoms with van der Waals surface area (Å²) in [6, 6.07) is 3.88. The summed E-state index contributed by atoms with van der Waals surface area (Å²) in [6.07, 6.45) is 0.888. The second kappa shape index (κ2) is 5.58. The van der Waals surface area contributed by atoms with Gasteiger partial charge in [0.1, 0.15) is 17.1 Å². The van der Waals surface area contributed by atoms with Crippen LogP contribution in [0.4, 0.5) is 0 Å². The van der Waals surface area contributed by atoms with E-state index in [2.05, 4.69) is 10.2 Å². The number of rotatable bonds is 3. The third kappa shape index (κ3) is 2.50. The third-order valence-corrected chi connectivity index (χ3v) is 4.67. The SMILES string of the molecule is Cc1cc2c(CCN3CCNCC3)c3oc(C)cc3c(O)c2o1. The Hall–Kier alpha value is -1.98. The minimum atomic E-state index is 0.186. The fourth-order valence-corrected chi connectivity index (χ4v) is 3.53. The van der Waals surface area contributed by atoms with Crippen LogP contribution >= 0.6 is 0 Å². The van der Waals surface area contributed by atoms with E-state index >= 15 is 0 Å². The summed E-state index contributed by atoms with van der Waals surface area (Å²) in [7, 11) is 0. The highest BCUT2D eigenvalue weighted by atomic mass is 16.4. The van der Waals surface area contributed by atoms with Crippen molar-refractivity contribution >= 4 is 21.9 Å². The molecule has 1 aromatic carbocycles. The maximum Gasteiger partial charge on any atom is 0.177 e. The first-order chi connectivity index (χ1) is 11.1. The quantitative estimate of drug-likeness (QED) is 0.778. The van der Waals surface area contributed by atoms with E-state index in [1.54, 1.807) is 0 Å². The molecule has 0 spiro atoms. The molecule has 0 atom stereocenters. The molecule has 0 bridgehead atoms. The highest BCUT2D eigenvalue weighted by Gasteiger charge is 2.21. The molecule has 1 aliphatic heterocycles. The Morgan fingerprint density at radius 3 is 2.43 bits per heavy atom. The molecule has 4 rings (SSSR count). The molecule has 0 unspecified atom stereocenters. The van der Waals surface area contributed by atoms with Crippen LogP contribution in [-0.4, -0.2) is 42.7 Å². The summed E-state index contributed by atoms with van der Waals surface area (Å²) >= 11 is 0. The molecule has 3 heterocycles. The van der Waals surface area contributed by atoms with Crippen LogP contribution in [0.15, 0.2) is 21.0 Å². The van der Waals surface area contributed by atoms with E-state index in [1.807, 2.05) is 26.0 Å². The molecular formula is C18H22N2O3. The average molecular weight is 314 g/mol. The Morgan fingerprint density at radius 2 is 1.70 bits per heavy atom. The van der Waals surface area contributed by atoms with Gasteiger partial charge in [0.15, 0.2) is 11.3 Å². The first-order valence-electron chi connectivity index (χ1n) is 8.20. The van der Waals surface area contributed by atoms with Crippen LogP contribution < -0.4 is 5.32 Å². The summed E-state index contributed by atoms with van der Waals surface area (Å²) in [5.41, 5.74) is 2.51. The molecule has 0 radical (unpaired) electrons. The van der Waals surface area contributed by atoms with E-state index < -0.39 is 0 Å². The van der Waals surface area contributed by atoms with Crippen LogP contribution in [0.5, 0.6) is 5.75 Å². The van der Waals surface area contributed by atoms with Crippen LogP contribution in [0.3, 0.4) is 0 Å². The van der Waals surface area contributed by atoms with Crippen molar-refractivity contribution in [3.8, 4) is 5.75 Å². The maximum absolute atomic E-state index is 10.5. The van der Waals surface area contributed by atoms with Gasteiger partial charge in [0.05, 0.1) is 5.39 Å². The van der Waals surface area contributed by atoms with E-state index in [-0.39, 0.29) is 5.75 Å². The average Bonchev–Trinajstić information content (AvgIpc) is 3.11. The van der Waals surface area contributed by atoms with Gasteiger partial charge in [0, 0.05) is 43.7 Å². The van der Waals surface area contributed by atoms with Crippen LogP contribution in [-0.2, 0) is 6.42 Å². The van der Waals surface area contributed by atoms with Gasteiger partial charge in [-0.1, -0.05) is 0 Å².